The Balaban J connectivity index is 1.86. The summed E-state index contributed by atoms with van der Waals surface area (Å²) in [7, 11) is 0. The van der Waals surface area contributed by atoms with Crippen LogP contribution >= 0.6 is 11.3 Å². The molecule has 0 aliphatic rings. The molecule has 0 fully saturated rings. The first-order chi connectivity index (χ1) is 10.4. The molecule has 114 valence electrons. The lowest BCUT2D eigenvalue weighted by atomic mass is 10.1. The van der Waals surface area contributed by atoms with Crippen LogP contribution in [0.5, 0.6) is 0 Å². The molecule has 3 rings (SSSR count). The number of aryl methyl sites for hydroxylation is 2. The van der Waals surface area contributed by atoms with E-state index >= 15 is 0 Å². The maximum Gasteiger partial charge on any atom is 0.277 e. The minimum absolute atomic E-state index is 0.229. The van der Waals surface area contributed by atoms with E-state index in [9.17, 15) is 4.79 Å². The molecular weight excluding hydrogens is 296 g/mol. The second kappa shape index (κ2) is 5.53. The minimum Gasteiger partial charge on any atom is -0.296 e. The van der Waals surface area contributed by atoms with Crippen molar-refractivity contribution in [1.29, 1.82) is 0 Å². The molecule has 2 heterocycles. The van der Waals surface area contributed by atoms with Crippen LogP contribution in [0.25, 0.3) is 10.2 Å². The van der Waals surface area contributed by atoms with Gasteiger partial charge in [-0.05, 0) is 51.0 Å². The van der Waals surface area contributed by atoms with Gasteiger partial charge in [0.05, 0.1) is 10.2 Å². The SMILES string of the molecule is Cc1cc(C)c2sc(NC(=O)c3ccn(C(C)C)n3)nc2c1. The largest absolute Gasteiger partial charge is 0.296 e. The third-order valence-electron chi connectivity index (χ3n) is 3.41. The molecule has 0 saturated heterocycles. The van der Waals surface area contributed by atoms with E-state index in [-0.39, 0.29) is 11.9 Å². The molecule has 1 N–H and O–H groups in total. The van der Waals surface area contributed by atoms with Crippen molar-refractivity contribution in [2.24, 2.45) is 0 Å². The number of nitrogens with zero attached hydrogens (tertiary/aromatic N) is 3. The summed E-state index contributed by atoms with van der Waals surface area (Å²) in [6, 6.07) is 6.10. The molecule has 5 nitrogen and oxygen atoms in total. The van der Waals surface area contributed by atoms with Crippen molar-refractivity contribution in [3.63, 3.8) is 0 Å². The first-order valence-corrected chi connectivity index (χ1v) is 8.00. The zero-order chi connectivity index (χ0) is 15.9. The van der Waals surface area contributed by atoms with Gasteiger partial charge in [-0.3, -0.25) is 14.8 Å². The van der Waals surface area contributed by atoms with Crippen LogP contribution in [0, 0.1) is 13.8 Å². The first-order valence-electron chi connectivity index (χ1n) is 7.18. The number of carbonyl (C=O) groups is 1. The highest BCUT2D eigenvalue weighted by molar-refractivity contribution is 7.22. The Morgan fingerprint density at radius 2 is 2.09 bits per heavy atom. The number of fused-ring (bicyclic) bond motifs is 1. The molecule has 2 aromatic heterocycles. The van der Waals surface area contributed by atoms with Gasteiger partial charge in [0.15, 0.2) is 10.8 Å². The number of benzene rings is 1. The molecule has 3 aromatic rings. The maximum absolute atomic E-state index is 12.3. The van der Waals surface area contributed by atoms with E-state index in [2.05, 4.69) is 28.4 Å². The Morgan fingerprint density at radius 1 is 1.32 bits per heavy atom. The lowest BCUT2D eigenvalue weighted by Crippen LogP contribution is -2.13. The number of carbonyl (C=O) groups excluding carboxylic acids is 1. The number of hydrogen-bond donors (Lipinski definition) is 1. The Kier molecular flexibility index (Phi) is 3.70. The molecule has 1 amide bonds. The third-order valence-corrected chi connectivity index (χ3v) is 4.53. The molecule has 1 aromatic carbocycles. The van der Waals surface area contributed by atoms with E-state index in [4.69, 9.17) is 0 Å². The van der Waals surface area contributed by atoms with Gasteiger partial charge in [-0.2, -0.15) is 5.10 Å². The molecule has 0 atom stereocenters. The van der Waals surface area contributed by atoms with Crippen LogP contribution in [0.2, 0.25) is 0 Å². The van der Waals surface area contributed by atoms with Gasteiger partial charge in [-0.1, -0.05) is 17.4 Å². The van der Waals surface area contributed by atoms with Crippen LogP contribution in [0.15, 0.2) is 24.4 Å². The van der Waals surface area contributed by atoms with Crippen molar-refractivity contribution in [2.45, 2.75) is 33.7 Å². The predicted octanol–water partition coefficient (Wildman–Crippen LogP) is 3.94. The summed E-state index contributed by atoms with van der Waals surface area (Å²) in [5.41, 5.74) is 3.67. The molecule has 0 radical (unpaired) electrons. The van der Waals surface area contributed by atoms with Gasteiger partial charge < -0.3 is 0 Å². The lowest BCUT2D eigenvalue weighted by molar-refractivity contribution is 0.102. The number of thiazole rings is 1. The van der Waals surface area contributed by atoms with Crippen LogP contribution in [-0.4, -0.2) is 20.7 Å². The second-order valence-electron chi connectivity index (χ2n) is 5.68. The molecule has 0 unspecified atom stereocenters. The van der Waals surface area contributed by atoms with E-state index in [1.807, 2.05) is 33.0 Å². The van der Waals surface area contributed by atoms with Gasteiger partial charge >= 0.3 is 0 Å². The van der Waals surface area contributed by atoms with Crippen LogP contribution in [0.3, 0.4) is 0 Å². The summed E-state index contributed by atoms with van der Waals surface area (Å²) in [4.78, 5) is 16.8. The summed E-state index contributed by atoms with van der Waals surface area (Å²) in [6.45, 7) is 8.15. The fraction of sp³-hybridized carbons (Fsp3) is 0.312. The Bertz CT molecular complexity index is 847. The summed E-state index contributed by atoms with van der Waals surface area (Å²) in [6.07, 6.45) is 1.81. The second-order valence-corrected chi connectivity index (χ2v) is 6.68. The Hall–Kier alpha value is -2.21. The predicted molar refractivity (Wildman–Crippen MR) is 89.7 cm³/mol. The highest BCUT2D eigenvalue weighted by atomic mass is 32.1. The van der Waals surface area contributed by atoms with Crippen LogP contribution in [0.1, 0.15) is 41.5 Å². The van der Waals surface area contributed by atoms with Crippen LogP contribution in [0.4, 0.5) is 5.13 Å². The summed E-state index contributed by atoms with van der Waals surface area (Å²) < 4.78 is 2.87. The van der Waals surface area contributed by atoms with Crippen molar-refractivity contribution in [3.8, 4) is 0 Å². The number of anilines is 1. The van der Waals surface area contributed by atoms with Gasteiger partial charge in [-0.25, -0.2) is 4.98 Å². The van der Waals surface area contributed by atoms with Gasteiger partial charge in [0, 0.05) is 12.2 Å². The van der Waals surface area contributed by atoms with Gasteiger partial charge in [0.1, 0.15) is 0 Å². The van der Waals surface area contributed by atoms with Crippen molar-refractivity contribution in [2.75, 3.05) is 5.32 Å². The van der Waals surface area contributed by atoms with E-state index in [1.54, 1.807) is 10.7 Å². The Labute approximate surface area is 133 Å². The zero-order valence-electron chi connectivity index (χ0n) is 13.0. The number of aromatic nitrogens is 3. The monoisotopic (exact) mass is 314 g/mol. The fourth-order valence-corrected chi connectivity index (χ4v) is 3.25. The quantitative estimate of drug-likeness (QED) is 0.796. The van der Waals surface area contributed by atoms with Crippen molar-refractivity contribution in [1.82, 2.24) is 14.8 Å². The molecule has 0 aliphatic carbocycles. The fourth-order valence-electron chi connectivity index (χ4n) is 2.34. The highest BCUT2D eigenvalue weighted by Gasteiger charge is 2.14. The van der Waals surface area contributed by atoms with Gasteiger partial charge in [0.25, 0.3) is 5.91 Å². The molecule has 0 saturated carbocycles. The van der Waals surface area contributed by atoms with E-state index in [1.165, 1.54) is 22.5 Å². The van der Waals surface area contributed by atoms with Gasteiger partial charge in [-0.15, -0.1) is 0 Å². The van der Waals surface area contributed by atoms with Crippen molar-refractivity contribution in [3.05, 3.63) is 41.2 Å². The Morgan fingerprint density at radius 3 is 2.77 bits per heavy atom. The average Bonchev–Trinajstić information content (AvgIpc) is 3.04. The third kappa shape index (κ3) is 2.74. The van der Waals surface area contributed by atoms with Crippen LogP contribution < -0.4 is 5.32 Å². The topological polar surface area (TPSA) is 59.8 Å². The van der Waals surface area contributed by atoms with E-state index < -0.39 is 0 Å². The van der Waals surface area contributed by atoms with E-state index in [0.29, 0.717) is 10.8 Å². The highest BCUT2D eigenvalue weighted by Crippen LogP contribution is 2.29. The zero-order valence-corrected chi connectivity index (χ0v) is 13.9. The van der Waals surface area contributed by atoms with Crippen molar-refractivity contribution >= 4 is 32.6 Å². The minimum atomic E-state index is -0.229. The summed E-state index contributed by atoms with van der Waals surface area (Å²) in [5.74, 6) is -0.229. The summed E-state index contributed by atoms with van der Waals surface area (Å²) >= 11 is 1.49. The number of amides is 1. The molecule has 0 aliphatic heterocycles. The van der Waals surface area contributed by atoms with Crippen molar-refractivity contribution < 1.29 is 4.79 Å². The number of rotatable bonds is 3. The first kappa shape index (κ1) is 14.7. The molecule has 0 bridgehead atoms. The van der Waals surface area contributed by atoms with Crippen LogP contribution in [-0.2, 0) is 0 Å². The smallest absolute Gasteiger partial charge is 0.277 e. The normalized spacial score (nSPS) is 11.3. The molecule has 22 heavy (non-hydrogen) atoms. The number of hydrogen-bond acceptors (Lipinski definition) is 4. The molecule has 6 heteroatoms. The molecular formula is C16H18N4OS. The number of nitrogens with one attached hydrogen (secondary N) is 1. The summed E-state index contributed by atoms with van der Waals surface area (Å²) in [5, 5.41) is 7.72. The van der Waals surface area contributed by atoms with E-state index in [0.717, 1.165) is 10.2 Å². The average molecular weight is 314 g/mol. The maximum atomic E-state index is 12.3. The van der Waals surface area contributed by atoms with Gasteiger partial charge in [0.2, 0.25) is 0 Å². The lowest BCUT2D eigenvalue weighted by Gasteiger charge is -2.03. The molecule has 0 spiro atoms. The standard InChI is InChI=1S/C16H18N4OS/c1-9(2)20-6-5-12(19-20)15(21)18-16-17-13-8-10(3)7-11(4)14(13)22-16/h5-9H,1-4H3,(H,17,18,21).